The Morgan fingerprint density at radius 3 is 1.95 bits per heavy atom. The monoisotopic (exact) mass is 526 g/mol. The highest BCUT2D eigenvalue weighted by molar-refractivity contribution is 5.28. The van der Waals surface area contributed by atoms with Crippen molar-refractivity contribution in [2.45, 2.75) is 115 Å². The van der Waals surface area contributed by atoms with Gasteiger partial charge in [-0.25, -0.2) is 4.39 Å². The van der Waals surface area contributed by atoms with Crippen LogP contribution in [0.3, 0.4) is 0 Å². The number of benzene rings is 2. The van der Waals surface area contributed by atoms with E-state index in [1.807, 2.05) is 42.5 Å². The van der Waals surface area contributed by atoms with Gasteiger partial charge in [-0.15, -0.1) is 6.58 Å². The summed E-state index contributed by atoms with van der Waals surface area (Å²) in [5, 5.41) is 0. The molecule has 0 N–H and O–H groups in total. The predicted molar refractivity (Wildman–Crippen MR) is 150 cm³/mol. The topological polar surface area (TPSA) is 9.23 Å². The molecule has 0 aliphatic heterocycles. The molecule has 0 amide bonds. The molecule has 2 aromatic rings. The molecule has 2 fully saturated rings. The largest absolute Gasteiger partial charge is 0.391 e. The molecular formula is C34H45F3O. The van der Waals surface area contributed by atoms with Gasteiger partial charge in [0.15, 0.2) is 0 Å². The van der Waals surface area contributed by atoms with Gasteiger partial charge in [0.1, 0.15) is 0 Å². The van der Waals surface area contributed by atoms with Crippen molar-refractivity contribution in [2.75, 3.05) is 0 Å². The van der Waals surface area contributed by atoms with Crippen LogP contribution in [-0.2, 0) is 11.3 Å². The molecule has 4 rings (SSSR count). The number of allylic oxidation sites excluding steroid dienone is 1. The lowest BCUT2D eigenvalue weighted by Gasteiger charge is -2.29. The summed E-state index contributed by atoms with van der Waals surface area (Å²) >= 11 is 0. The fraction of sp³-hybridized carbons (Fsp3) is 0.588. The van der Waals surface area contributed by atoms with E-state index in [2.05, 4.69) is 13.5 Å². The third-order valence-electron chi connectivity index (χ3n) is 9.05. The van der Waals surface area contributed by atoms with Crippen LogP contribution in [0.4, 0.5) is 13.2 Å². The Morgan fingerprint density at radius 1 is 0.842 bits per heavy atom. The van der Waals surface area contributed by atoms with Crippen LogP contribution < -0.4 is 0 Å². The van der Waals surface area contributed by atoms with E-state index in [1.165, 1.54) is 56.2 Å². The fourth-order valence-electron chi connectivity index (χ4n) is 6.43. The molecule has 0 spiro atoms. The van der Waals surface area contributed by atoms with Gasteiger partial charge >= 0.3 is 6.11 Å². The quantitative estimate of drug-likeness (QED) is 0.197. The van der Waals surface area contributed by atoms with Gasteiger partial charge in [0.2, 0.25) is 6.17 Å². The van der Waals surface area contributed by atoms with Gasteiger partial charge in [-0.2, -0.15) is 8.78 Å². The van der Waals surface area contributed by atoms with Crippen molar-refractivity contribution in [3.05, 3.63) is 83.4 Å². The smallest absolute Gasteiger partial charge is 0.313 e. The molecular weight excluding hydrogens is 481 g/mol. The van der Waals surface area contributed by atoms with Crippen molar-refractivity contribution >= 4 is 0 Å². The predicted octanol–water partition coefficient (Wildman–Crippen LogP) is 10.8. The molecule has 0 aromatic heterocycles. The van der Waals surface area contributed by atoms with Crippen LogP contribution in [0.5, 0.6) is 0 Å². The zero-order valence-electron chi connectivity index (χ0n) is 23.0. The van der Waals surface area contributed by atoms with E-state index >= 15 is 0 Å². The van der Waals surface area contributed by atoms with Gasteiger partial charge < -0.3 is 4.74 Å². The van der Waals surface area contributed by atoms with E-state index in [0.717, 1.165) is 50.0 Å². The molecule has 0 heterocycles. The highest BCUT2D eigenvalue weighted by atomic mass is 19.3. The van der Waals surface area contributed by atoms with Crippen molar-refractivity contribution in [1.82, 2.24) is 0 Å². The van der Waals surface area contributed by atoms with Gasteiger partial charge in [0.05, 0.1) is 6.61 Å². The van der Waals surface area contributed by atoms with Gasteiger partial charge in [0, 0.05) is 0 Å². The maximum Gasteiger partial charge on any atom is 0.391 e. The number of alkyl halides is 3. The molecule has 2 aromatic carbocycles. The Bertz CT molecular complexity index is 968. The van der Waals surface area contributed by atoms with Crippen LogP contribution in [0.25, 0.3) is 0 Å². The van der Waals surface area contributed by atoms with Crippen LogP contribution in [0.2, 0.25) is 0 Å². The Hall–Kier alpha value is -2.07. The molecule has 1 unspecified atom stereocenters. The van der Waals surface area contributed by atoms with Crippen LogP contribution in [0.15, 0.2) is 61.2 Å². The van der Waals surface area contributed by atoms with E-state index in [-0.39, 0.29) is 12.2 Å². The standard InChI is InChI=1S/C34H45F3O/c1-3-5-6-7-26-10-16-29(17-11-26)31-20-22-32(23-21-31)33(35)34(36,37)38-24-27-12-18-30(19-13-27)28-14-8-25(4-2)9-15-28/h4,12-13,18-23,25-26,28-29,33H,2-3,5-11,14-17,24H2,1H3. The van der Waals surface area contributed by atoms with Crippen molar-refractivity contribution in [3.8, 4) is 0 Å². The zero-order chi connectivity index (χ0) is 27.0. The first-order valence-electron chi connectivity index (χ1n) is 14.9. The molecule has 0 saturated heterocycles. The SMILES string of the molecule is C=CC1CCC(c2ccc(COC(F)(F)C(F)c3ccc(C4CCC(CCCCC)CC4)cc3)cc2)CC1. The lowest BCUT2D eigenvalue weighted by atomic mass is 9.77. The summed E-state index contributed by atoms with van der Waals surface area (Å²) in [5.74, 6) is 2.37. The van der Waals surface area contributed by atoms with Crippen molar-refractivity contribution < 1.29 is 17.9 Å². The highest BCUT2D eigenvalue weighted by Crippen LogP contribution is 2.41. The zero-order valence-corrected chi connectivity index (χ0v) is 23.0. The number of unbranched alkanes of at least 4 members (excludes halogenated alkanes) is 2. The van der Waals surface area contributed by atoms with Gasteiger partial charge in [-0.3, -0.25) is 0 Å². The lowest BCUT2D eigenvalue weighted by Crippen LogP contribution is -2.27. The van der Waals surface area contributed by atoms with Gasteiger partial charge in [-0.05, 0) is 97.3 Å². The van der Waals surface area contributed by atoms with Gasteiger partial charge in [-0.1, -0.05) is 87.2 Å². The molecule has 2 aliphatic rings. The molecule has 2 aliphatic carbocycles. The average Bonchev–Trinajstić information content (AvgIpc) is 2.97. The Labute approximate surface area is 227 Å². The first-order chi connectivity index (χ1) is 18.4. The van der Waals surface area contributed by atoms with E-state index in [1.54, 1.807) is 0 Å². The summed E-state index contributed by atoms with van der Waals surface area (Å²) in [4.78, 5) is 0. The third-order valence-corrected chi connectivity index (χ3v) is 9.05. The second-order valence-corrected chi connectivity index (χ2v) is 11.7. The van der Waals surface area contributed by atoms with E-state index in [4.69, 9.17) is 4.74 Å². The van der Waals surface area contributed by atoms with Crippen LogP contribution in [-0.4, -0.2) is 6.11 Å². The maximum atomic E-state index is 14.9. The first-order valence-corrected chi connectivity index (χ1v) is 14.9. The normalized spacial score (nSPS) is 25.2. The molecule has 0 radical (unpaired) electrons. The highest BCUT2D eigenvalue weighted by Gasteiger charge is 2.43. The fourth-order valence-corrected chi connectivity index (χ4v) is 6.43. The van der Waals surface area contributed by atoms with Crippen LogP contribution in [0, 0.1) is 11.8 Å². The molecule has 1 atom stereocenters. The molecule has 38 heavy (non-hydrogen) atoms. The number of rotatable bonds is 12. The number of ether oxygens (including phenoxy) is 1. The van der Waals surface area contributed by atoms with E-state index in [9.17, 15) is 13.2 Å². The van der Waals surface area contributed by atoms with Crippen molar-refractivity contribution in [1.29, 1.82) is 0 Å². The Morgan fingerprint density at radius 2 is 1.39 bits per heavy atom. The second-order valence-electron chi connectivity index (χ2n) is 11.7. The minimum atomic E-state index is -3.89. The van der Waals surface area contributed by atoms with Crippen LogP contribution >= 0.6 is 0 Å². The second kappa shape index (κ2) is 13.8. The van der Waals surface area contributed by atoms with Crippen molar-refractivity contribution in [3.63, 3.8) is 0 Å². The van der Waals surface area contributed by atoms with E-state index < -0.39 is 12.3 Å². The Balaban J connectivity index is 1.25. The molecule has 1 nitrogen and oxygen atoms in total. The molecule has 208 valence electrons. The Kier molecular flexibility index (Phi) is 10.5. The summed E-state index contributed by atoms with van der Waals surface area (Å²) in [5.41, 5.74) is 2.96. The molecule has 4 heteroatoms. The number of hydrogen-bond acceptors (Lipinski definition) is 1. The van der Waals surface area contributed by atoms with Crippen molar-refractivity contribution in [2.24, 2.45) is 11.8 Å². The average molecular weight is 527 g/mol. The minimum absolute atomic E-state index is 0.0301. The minimum Gasteiger partial charge on any atom is -0.313 e. The van der Waals surface area contributed by atoms with E-state index in [0.29, 0.717) is 23.3 Å². The summed E-state index contributed by atoms with van der Waals surface area (Å²) in [6, 6.07) is 14.3. The first kappa shape index (κ1) is 28.9. The number of halogens is 3. The molecule has 0 bridgehead atoms. The van der Waals surface area contributed by atoms with Gasteiger partial charge in [0.25, 0.3) is 0 Å². The summed E-state index contributed by atoms with van der Waals surface area (Å²) in [6.07, 6.45) is 10.1. The summed E-state index contributed by atoms with van der Waals surface area (Å²) < 4.78 is 49.0. The third kappa shape index (κ3) is 7.74. The summed E-state index contributed by atoms with van der Waals surface area (Å²) in [7, 11) is 0. The molecule has 2 saturated carbocycles. The lowest BCUT2D eigenvalue weighted by molar-refractivity contribution is -0.282. The maximum absolute atomic E-state index is 14.9. The summed E-state index contributed by atoms with van der Waals surface area (Å²) in [6.45, 7) is 5.81. The van der Waals surface area contributed by atoms with Crippen LogP contribution in [0.1, 0.15) is 124 Å². The number of hydrogen-bond donors (Lipinski definition) is 0.